The van der Waals surface area contributed by atoms with Crippen LogP contribution in [-0.2, 0) is 4.79 Å². The molecule has 2 N–H and O–H groups in total. The van der Waals surface area contributed by atoms with Crippen molar-refractivity contribution in [2.75, 3.05) is 18.9 Å². The zero-order chi connectivity index (χ0) is 11.1. The van der Waals surface area contributed by atoms with Crippen LogP contribution < -0.4 is 10.6 Å². The lowest BCUT2D eigenvalue weighted by atomic mass is 10.4. The van der Waals surface area contributed by atoms with Gasteiger partial charge in [0.05, 0.1) is 12.4 Å². The molecular formula is C9H11N5O. The molecule has 1 rings (SSSR count). The SMILES string of the molecule is CNC(=O)CCNc1cnc(C#N)cn1. The predicted octanol–water partition coefficient (Wildman–Crippen LogP) is -0.104. The summed E-state index contributed by atoms with van der Waals surface area (Å²) in [6.07, 6.45) is 3.21. The zero-order valence-electron chi connectivity index (χ0n) is 8.32. The number of carbonyl (C=O) groups is 1. The van der Waals surface area contributed by atoms with Crippen molar-refractivity contribution in [3.05, 3.63) is 18.1 Å². The van der Waals surface area contributed by atoms with Crippen LogP contribution in [0.2, 0.25) is 0 Å². The summed E-state index contributed by atoms with van der Waals surface area (Å²) in [5.74, 6) is 0.516. The topological polar surface area (TPSA) is 90.7 Å². The average molecular weight is 205 g/mol. The summed E-state index contributed by atoms with van der Waals surface area (Å²) in [6.45, 7) is 0.486. The smallest absolute Gasteiger partial charge is 0.221 e. The maximum atomic E-state index is 10.9. The first-order valence-corrected chi connectivity index (χ1v) is 4.43. The lowest BCUT2D eigenvalue weighted by Gasteiger charge is -2.03. The van der Waals surface area contributed by atoms with Gasteiger partial charge in [-0.3, -0.25) is 4.79 Å². The number of aromatic nitrogens is 2. The summed E-state index contributed by atoms with van der Waals surface area (Å²) in [5, 5.41) is 13.9. The second kappa shape index (κ2) is 5.54. The Morgan fingerprint density at radius 3 is 2.87 bits per heavy atom. The third-order valence-electron chi connectivity index (χ3n) is 1.70. The van der Waals surface area contributed by atoms with E-state index >= 15 is 0 Å². The first-order valence-electron chi connectivity index (χ1n) is 4.43. The number of hydrogen-bond acceptors (Lipinski definition) is 5. The van der Waals surface area contributed by atoms with Crippen molar-refractivity contribution in [2.24, 2.45) is 0 Å². The Labute approximate surface area is 87.3 Å². The van der Waals surface area contributed by atoms with Gasteiger partial charge in [-0.25, -0.2) is 9.97 Å². The van der Waals surface area contributed by atoms with Gasteiger partial charge in [0.1, 0.15) is 11.9 Å². The maximum Gasteiger partial charge on any atom is 0.221 e. The third kappa shape index (κ3) is 3.60. The van der Waals surface area contributed by atoms with E-state index in [0.29, 0.717) is 18.8 Å². The summed E-state index contributed by atoms with van der Waals surface area (Å²) in [6, 6.07) is 1.87. The van der Waals surface area contributed by atoms with Crippen LogP contribution in [0.5, 0.6) is 0 Å². The van der Waals surface area contributed by atoms with Crippen LogP contribution in [0.15, 0.2) is 12.4 Å². The van der Waals surface area contributed by atoms with Crippen LogP contribution in [0.3, 0.4) is 0 Å². The van der Waals surface area contributed by atoms with Crippen molar-refractivity contribution in [3.8, 4) is 6.07 Å². The van der Waals surface area contributed by atoms with E-state index in [1.54, 1.807) is 7.05 Å². The highest BCUT2D eigenvalue weighted by atomic mass is 16.1. The summed E-state index contributed by atoms with van der Waals surface area (Å²) in [7, 11) is 1.59. The number of nitrogens with one attached hydrogen (secondary N) is 2. The fraction of sp³-hybridized carbons (Fsp3) is 0.333. The highest BCUT2D eigenvalue weighted by molar-refractivity contribution is 5.75. The van der Waals surface area contributed by atoms with Crippen LogP contribution in [0.25, 0.3) is 0 Å². The number of hydrogen-bond donors (Lipinski definition) is 2. The Morgan fingerprint density at radius 2 is 2.33 bits per heavy atom. The zero-order valence-corrected chi connectivity index (χ0v) is 8.32. The molecule has 0 aromatic carbocycles. The lowest BCUT2D eigenvalue weighted by Crippen LogP contribution is -2.21. The van der Waals surface area contributed by atoms with E-state index in [1.165, 1.54) is 12.4 Å². The molecule has 1 heterocycles. The van der Waals surface area contributed by atoms with Gasteiger partial charge in [0.2, 0.25) is 5.91 Å². The molecule has 15 heavy (non-hydrogen) atoms. The van der Waals surface area contributed by atoms with E-state index in [0.717, 1.165) is 0 Å². The van der Waals surface area contributed by atoms with E-state index in [9.17, 15) is 4.79 Å². The molecule has 0 aliphatic carbocycles. The van der Waals surface area contributed by atoms with Gasteiger partial charge in [-0.2, -0.15) is 5.26 Å². The number of carbonyl (C=O) groups excluding carboxylic acids is 1. The summed E-state index contributed by atoms with van der Waals surface area (Å²) < 4.78 is 0. The van der Waals surface area contributed by atoms with Crippen molar-refractivity contribution in [2.45, 2.75) is 6.42 Å². The molecular weight excluding hydrogens is 194 g/mol. The highest BCUT2D eigenvalue weighted by Gasteiger charge is 1.98. The van der Waals surface area contributed by atoms with Gasteiger partial charge < -0.3 is 10.6 Å². The third-order valence-corrected chi connectivity index (χ3v) is 1.70. The normalized spacial score (nSPS) is 9.07. The molecule has 0 atom stereocenters. The first kappa shape index (κ1) is 10.9. The predicted molar refractivity (Wildman–Crippen MR) is 53.9 cm³/mol. The van der Waals surface area contributed by atoms with Crippen molar-refractivity contribution in [3.63, 3.8) is 0 Å². The molecule has 1 amide bonds. The van der Waals surface area contributed by atoms with Crippen molar-refractivity contribution in [1.82, 2.24) is 15.3 Å². The molecule has 0 aliphatic rings. The average Bonchev–Trinajstić information content (AvgIpc) is 2.29. The molecule has 6 nitrogen and oxygen atoms in total. The van der Waals surface area contributed by atoms with Crippen LogP contribution in [-0.4, -0.2) is 29.5 Å². The standard InChI is InChI=1S/C9H11N5O/c1-11-9(15)2-3-12-8-6-13-7(4-10)5-14-8/h5-6H,2-3H2,1H3,(H,11,15)(H,12,14). The van der Waals surface area contributed by atoms with Gasteiger partial charge >= 0.3 is 0 Å². The second-order valence-corrected chi connectivity index (χ2v) is 2.75. The van der Waals surface area contributed by atoms with Gasteiger partial charge in [-0.1, -0.05) is 0 Å². The fourth-order valence-electron chi connectivity index (χ4n) is 0.906. The summed E-state index contributed by atoms with van der Waals surface area (Å²) in [5.41, 5.74) is 0.270. The van der Waals surface area contributed by atoms with Gasteiger partial charge in [-0.15, -0.1) is 0 Å². The van der Waals surface area contributed by atoms with E-state index in [1.807, 2.05) is 6.07 Å². The van der Waals surface area contributed by atoms with Crippen molar-refractivity contribution >= 4 is 11.7 Å². The van der Waals surface area contributed by atoms with E-state index in [-0.39, 0.29) is 11.6 Å². The van der Waals surface area contributed by atoms with E-state index in [4.69, 9.17) is 5.26 Å². The minimum absolute atomic E-state index is 0.0379. The molecule has 78 valence electrons. The molecule has 0 saturated carbocycles. The van der Waals surface area contributed by atoms with E-state index in [2.05, 4.69) is 20.6 Å². The molecule has 0 radical (unpaired) electrons. The van der Waals surface area contributed by atoms with Gasteiger partial charge in [-0.05, 0) is 0 Å². The van der Waals surface area contributed by atoms with Crippen LogP contribution in [0, 0.1) is 11.3 Å². The molecule has 1 aromatic heterocycles. The monoisotopic (exact) mass is 205 g/mol. The molecule has 0 unspecified atom stereocenters. The summed E-state index contributed by atoms with van der Waals surface area (Å²) >= 11 is 0. The molecule has 0 aliphatic heterocycles. The molecule has 0 bridgehead atoms. The Bertz CT molecular complexity index is 367. The summed E-state index contributed by atoms with van der Waals surface area (Å²) in [4.78, 5) is 18.6. The maximum absolute atomic E-state index is 10.9. The number of anilines is 1. The Balaban J connectivity index is 2.38. The van der Waals surface area contributed by atoms with Gasteiger partial charge in [0.15, 0.2) is 5.69 Å². The first-order chi connectivity index (χ1) is 7.26. The van der Waals surface area contributed by atoms with Crippen LogP contribution in [0.1, 0.15) is 12.1 Å². The molecule has 0 fully saturated rings. The fourth-order valence-corrected chi connectivity index (χ4v) is 0.906. The van der Waals surface area contributed by atoms with Gasteiger partial charge in [0, 0.05) is 20.0 Å². The Hall–Kier alpha value is -2.16. The molecule has 1 aromatic rings. The molecule has 0 saturated heterocycles. The largest absolute Gasteiger partial charge is 0.368 e. The van der Waals surface area contributed by atoms with Crippen molar-refractivity contribution in [1.29, 1.82) is 5.26 Å². The number of nitrogens with zero attached hydrogens (tertiary/aromatic N) is 3. The Kier molecular flexibility index (Phi) is 4.04. The van der Waals surface area contributed by atoms with Crippen LogP contribution in [0.4, 0.5) is 5.82 Å². The second-order valence-electron chi connectivity index (χ2n) is 2.75. The van der Waals surface area contributed by atoms with Gasteiger partial charge in [0.25, 0.3) is 0 Å². The van der Waals surface area contributed by atoms with E-state index < -0.39 is 0 Å². The van der Waals surface area contributed by atoms with Crippen LogP contribution >= 0.6 is 0 Å². The Morgan fingerprint density at radius 1 is 1.53 bits per heavy atom. The molecule has 6 heteroatoms. The quantitative estimate of drug-likeness (QED) is 0.716. The minimum atomic E-state index is -0.0379. The minimum Gasteiger partial charge on any atom is -0.368 e. The number of rotatable bonds is 4. The van der Waals surface area contributed by atoms with Crippen molar-refractivity contribution < 1.29 is 4.79 Å². The highest BCUT2D eigenvalue weighted by Crippen LogP contribution is 1.99. The number of nitriles is 1. The lowest BCUT2D eigenvalue weighted by molar-refractivity contribution is -0.120. The molecule has 0 spiro atoms. The number of amides is 1.